The average Bonchev–Trinajstić information content (AvgIpc) is 2.41. The number of hydrogen-bond acceptors (Lipinski definition) is 3. The number of benzene rings is 1. The molecule has 2 aromatic rings. The fraction of sp³-hybridized carbons (Fsp3) is 0.143. The topological polar surface area (TPSA) is 62.8 Å². The molecule has 1 aromatic heterocycles. The Bertz CT molecular complexity index is 542. The van der Waals surface area contributed by atoms with Crippen molar-refractivity contribution in [1.82, 2.24) is 4.98 Å². The van der Waals surface area contributed by atoms with Crippen molar-refractivity contribution in [2.24, 2.45) is 5.73 Å². The molecule has 0 fully saturated rings. The quantitative estimate of drug-likeness (QED) is 0.499. The largest absolute Gasteiger partial charge is 0.388 e. The zero-order valence-corrected chi connectivity index (χ0v) is 11.8. The number of hydrogen-bond donors (Lipinski definition) is 2. The fourth-order valence-corrected chi connectivity index (χ4v) is 2.89. The van der Waals surface area contributed by atoms with Gasteiger partial charge in [-0.1, -0.05) is 53.7 Å². The molecular formula is C14H14ClN3S. The van der Waals surface area contributed by atoms with E-state index in [4.69, 9.17) is 22.7 Å². The predicted octanol–water partition coefficient (Wildman–Crippen LogP) is 3.89. The highest BCUT2D eigenvalue weighted by Crippen LogP contribution is 2.36. The number of thioether (sulfide) groups is 1. The molecule has 98 valence electrons. The number of amidine groups is 1. The van der Waals surface area contributed by atoms with Gasteiger partial charge in [-0.25, -0.2) is 4.98 Å². The molecular weight excluding hydrogens is 278 g/mol. The number of nitrogens with zero attached hydrogens (tertiary/aromatic N) is 1. The second kappa shape index (κ2) is 6.59. The van der Waals surface area contributed by atoms with Crippen LogP contribution in [0.5, 0.6) is 0 Å². The molecule has 0 radical (unpaired) electrons. The minimum atomic E-state index is 0.0902. The van der Waals surface area contributed by atoms with E-state index in [0.717, 1.165) is 10.6 Å². The van der Waals surface area contributed by atoms with Crippen LogP contribution in [0.25, 0.3) is 0 Å². The first kappa shape index (κ1) is 13.9. The van der Waals surface area contributed by atoms with Crippen LogP contribution in [0.1, 0.15) is 17.2 Å². The summed E-state index contributed by atoms with van der Waals surface area (Å²) in [6.45, 7) is 0. The van der Waals surface area contributed by atoms with Gasteiger partial charge in [0, 0.05) is 17.9 Å². The van der Waals surface area contributed by atoms with Crippen molar-refractivity contribution in [3.63, 3.8) is 0 Å². The number of pyridine rings is 1. The van der Waals surface area contributed by atoms with Crippen LogP contribution in [-0.2, 0) is 0 Å². The summed E-state index contributed by atoms with van der Waals surface area (Å²) >= 11 is 7.41. The lowest BCUT2D eigenvalue weighted by Gasteiger charge is -2.15. The normalized spacial score (nSPS) is 12.1. The summed E-state index contributed by atoms with van der Waals surface area (Å²) in [5.41, 5.74) is 6.68. The number of aromatic nitrogens is 1. The molecule has 1 unspecified atom stereocenters. The summed E-state index contributed by atoms with van der Waals surface area (Å²) in [5.74, 6) is 0.176. The molecule has 0 saturated heterocycles. The van der Waals surface area contributed by atoms with Gasteiger partial charge in [-0.2, -0.15) is 0 Å². The van der Waals surface area contributed by atoms with Gasteiger partial charge in [-0.05, 0) is 17.7 Å². The standard InChI is InChI=1S/C14H14ClN3S/c15-11-6-7-14(18-9-11)19-12(8-13(16)17)10-4-2-1-3-5-10/h1-7,9,12H,8H2,(H3,16,17). The van der Waals surface area contributed by atoms with Crippen LogP contribution in [0.4, 0.5) is 0 Å². The van der Waals surface area contributed by atoms with Crippen molar-refractivity contribution in [3.8, 4) is 0 Å². The molecule has 2 rings (SSSR count). The third-order valence-corrected chi connectivity index (χ3v) is 3.97. The zero-order valence-electron chi connectivity index (χ0n) is 10.2. The van der Waals surface area contributed by atoms with Gasteiger partial charge in [0.1, 0.15) is 0 Å². The summed E-state index contributed by atoms with van der Waals surface area (Å²) in [5, 5.41) is 9.08. The molecule has 3 nitrogen and oxygen atoms in total. The fourth-order valence-electron chi connectivity index (χ4n) is 1.67. The van der Waals surface area contributed by atoms with Crippen LogP contribution >= 0.6 is 23.4 Å². The Balaban J connectivity index is 2.19. The van der Waals surface area contributed by atoms with Crippen LogP contribution in [0.2, 0.25) is 5.02 Å². The lowest BCUT2D eigenvalue weighted by molar-refractivity contribution is 0.975. The summed E-state index contributed by atoms with van der Waals surface area (Å²) < 4.78 is 0. The lowest BCUT2D eigenvalue weighted by atomic mass is 10.1. The van der Waals surface area contributed by atoms with E-state index >= 15 is 0 Å². The Kier molecular flexibility index (Phi) is 4.82. The highest BCUT2D eigenvalue weighted by Gasteiger charge is 2.15. The molecule has 0 aliphatic heterocycles. The number of rotatable bonds is 5. The first-order chi connectivity index (χ1) is 9.15. The molecule has 0 bridgehead atoms. The van der Waals surface area contributed by atoms with Crippen molar-refractivity contribution in [1.29, 1.82) is 5.41 Å². The monoisotopic (exact) mass is 291 g/mol. The first-order valence-electron chi connectivity index (χ1n) is 5.81. The molecule has 1 heterocycles. The van der Waals surface area contributed by atoms with Crippen molar-refractivity contribution in [3.05, 3.63) is 59.2 Å². The summed E-state index contributed by atoms with van der Waals surface area (Å²) in [6, 6.07) is 13.7. The van der Waals surface area contributed by atoms with E-state index in [1.54, 1.807) is 18.0 Å². The molecule has 1 atom stereocenters. The molecule has 1 aromatic carbocycles. The van der Waals surface area contributed by atoms with Gasteiger partial charge in [0.05, 0.1) is 15.9 Å². The minimum absolute atomic E-state index is 0.0902. The van der Waals surface area contributed by atoms with Crippen LogP contribution < -0.4 is 5.73 Å². The van der Waals surface area contributed by atoms with E-state index in [1.807, 2.05) is 42.5 Å². The van der Waals surface area contributed by atoms with Gasteiger partial charge in [-0.3, -0.25) is 5.41 Å². The van der Waals surface area contributed by atoms with E-state index in [0.29, 0.717) is 11.4 Å². The van der Waals surface area contributed by atoms with E-state index in [2.05, 4.69) is 4.98 Å². The maximum absolute atomic E-state index is 7.50. The zero-order chi connectivity index (χ0) is 13.7. The average molecular weight is 292 g/mol. The van der Waals surface area contributed by atoms with Crippen LogP contribution in [0.15, 0.2) is 53.7 Å². The smallest absolute Gasteiger partial charge is 0.0967 e. The van der Waals surface area contributed by atoms with Crippen molar-refractivity contribution in [2.75, 3.05) is 0 Å². The Morgan fingerprint density at radius 3 is 2.58 bits per heavy atom. The van der Waals surface area contributed by atoms with Crippen LogP contribution in [-0.4, -0.2) is 10.8 Å². The second-order valence-electron chi connectivity index (χ2n) is 4.06. The summed E-state index contributed by atoms with van der Waals surface area (Å²) in [6.07, 6.45) is 2.12. The van der Waals surface area contributed by atoms with E-state index in [-0.39, 0.29) is 11.1 Å². The molecule has 0 aliphatic rings. The molecule has 0 saturated carbocycles. The van der Waals surface area contributed by atoms with Crippen molar-refractivity contribution >= 4 is 29.2 Å². The second-order valence-corrected chi connectivity index (χ2v) is 5.72. The molecule has 5 heteroatoms. The molecule has 19 heavy (non-hydrogen) atoms. The third-order valence-electron chi connectivity index (χ3n) is 2.54. The Morgan fingerprint density at radius 1 is 1.26 bits per heavy atom. The van der Waals surface area contributed by atoms with Crippen molar-refractivity contribution in [2.45, 2.75) is 16.7 Å². The van der Waals surface area contributed by atoms with Gasteiger partial charge in [0.2, 0.25) is 0 Å². The van der Waals surface area contributed by atoms with Crippen LogP contribution in [0, 0.1) is 5.41 Å². The van der Waals surface area contributed by atoms with Gasteiger partial charge in [-0.15, -0.1) is 0 Å². The van der Waals surface area contributed by atoms with E-state index < -0.39 is 0 Å². The van der Waals surface area contributed by atoms with Gasteiger partial charge in [0.25, 0.3) is 0 Å². The highest BCUT2D eigenvalue weighted by atomic mass is 35.5. The Morgan fingerprint density at radius 2 is 2.00 bits per heavy atom. The highest BCUT2D eigenvalue weighted by molar-refractivity contribution is 7.99. The van der Waals surface area contributed by atoms with Crippen molar-refractivity contribution < 1.29 is 0 Å². The molecule has 0 amide bonds. The first-order valence-corrected chi connectivity index (χ1v) is 7.07. The molecule has 3 N–H and O–H groups in total. The number of nitrogens with two attached hydrogens (primary N) is 1. The van der Waals surface area contributed by atoms with E-state index in [9.17, 15) is 0 Å². The number of nitrogens with one attached hydrogen (secondary N) is 1. The predicted molar refractivity (Wildman–Crippen MR) is 80.8 cm³/mol. The van der Waals surface area contributed by atoms with Gasteiger partial charge in [0.15, 0.2) is 0 Å². The summed E-state index contributed by atoms with van der Waals surface area (Å²) in [4.78, 5) is 4.27. The molecule has 0 aliphatic carbocycles. The molecule has 0 spiro atoms. The SMILES string of the molecule is N=C(N)CC(Sc1ccc(Cl)cn1)c1ccccc1. The van der Waals surface area contributed by atoms with Gasteiger partial charge < -0.3 is 5.73 Å². The van der Waals surface area contributed by atoms with Crippen LogP contribution in [0.3, 0.4) is 0 Å². The minimum Gasteiger partial charge on any atom is -0.388 e. The Hall–Kier alpha value is -1.52. The Labute approximate surface area is 121 Å². The lowest BCUT2D eigenvalue weighted by Crippen LogP contribution is -2.13. The number of halogens is 1. The summed E-state index contributed by atoms with van der Waals surface area (Å²) in [7, 11) is 0. The van der Waals surface area contributed by atoms with E-state index in [1.165, 1.54) is 0 Å². The third kappa shape index (κ3) is 4.26. The van der Waals surface area contributed by atoms with Gasteiger partial charge >= 0.3 is 0 Å². The maximum atomic E-state index is 7.50. The maximum Gasteiger partial charge on any atom is 0.0967 e.